The van der Waals surface area contributed by atoms with E-state index in [1.165, 1.54) is 0 Å². The Hall–Kier alpha value is -2.19. The standard InChI is InChI=1S/C12H13N3O4S/c16-12(17)10-8-13-15-11(10)20(18,19)14-7-6-9-4-2-1-3-5-9/h1-5,8,14H,6-7H2,(H,13,15)(H,16,17). The molecule has 0 radical (unpaired) electrons. The summed E-state index contributed by atoms with van der Waals surface area (Å²) in [5, 5.41) is 14.1. The lowest BCUT2D eigenvalue weighted by Gasteiger charge is -2.05. The highest BCUT2D eigenvalue weighted by atomic mass is 32.2. The van der Waals surface area contributed by atoms with Gasteiger partial charge in [-0.05, 0) is 12.0 Å². The number of hydrogen-bond donors (Lipinski definition) is 3. The van der Waals surface area contributed by atoms with Gasteiger partial charge in [0, 0.05) is 6.54 Å². The van der Waals surface area contributed by atoms with E-state index in [1.807, 2.05) is 30.3 Å². The molecule has 0 saturated heterocycles. The Morgan fingerprint density at radius 2 is 2.00 bits per heavy atom. The van der Waals surface area contributed by atoms with E-state index in [9.17, 15) is 13.2 Å². The number of nitrogens with one attached hydrogen (secondary N) is 2. The van der Waals surface area contributed by atoms with Gasteiger partial charge in [-0.1, -0.05) is 30.3 Å². The molecule has 0 spiro atoms. The number of carbonyl (C=O) groups is 1. The Kier molecular flexibility index (Phi) is 4.16. The summed E-state index contributed by atoms with van der Waals surface area (Å²) in [4.78, 5) is 10.9. The number of carboxylic acid groups (broad SMARTS) is 1. The zero-order valence-electron chi connectivity index (χ0n) is 10.4. The van der Waals surface area contributed by atoms with Gasteiger partial charge in [0.05, 0.1) is 6.20 Å². The number of aromatic carboxylic acids is 1. The highest BCUT2D eigenvalue weighted by molar-refractivity contribution is 7.89. The summed E-state index contributed by atoms with van der Waals surface area (Å²) >= 11 is 0. The first-order valence-electron chi connectivity index (χ1n) is 5.81. The molecule has 8 heteroatoms. The maximum absolute atomic E-state index is 12.0. The molecule has 0 amide bonds. The number of aromatic nitrogens is 2. The number of sulfonamides is 1. The van der Waals surface area contributed by atoms with Gasteiger partial charge < -0.3 is 5.11 Å². The number of rotatable bonds is 6. The third kappa shape index (κ3) is 3.22. The molecule has 0 fully saturated rings. The second-order valence-electron chi connectivity index (χ2n) is 4.05. The first kappa shape index (κ1) is 14.2. The van der Waals surface area contributed by atoms with Crippen LogP contribution < -0.4 is 4.72 Å². The van der Waals surface area contributed by atoms with Crippen molar-refractivity contribution < 1.29 is 18.3 Å². The molecule has 0 aliphatic rings. The second-order valence-corrected chi connectivity index (χ2v) is 5.76. The minimum Gasteiger partial charge on any atom is -0.478 e. The normalized spacial score (nSPS) is 11.4. The fourth-order valence-electron chi connectivity index (χ4n) is 1.68. The van der Waals surface area contributed by atoms with Crippen molar-refractivity contribution in [2.24, 2.45) is 0 Å². The molecule has 0 aliphatic carbocycles. The van der Waals surface area contributed by atoms with Crippen molar-refractivity contribution >= 4 is 16.0 Å². The minimum absolute atomic E-state index is 0.171. The Balaban J connectivity index is 2.04. The number of carboxylic acids is 1. The largest absolute Gasteiger partial charge is 0.478 e. The van der Waals surface area contributed by atoms with E-state index in [2.05, 4.69) is 14.9 Å². The van der Waals surface area contributed by atoms with Gasteiger partial charge in [0.15, 0.2) is 5.03 Å². The van der Waals surface area contributed by atoms with Crippen LogP contribution in [0.4, 0.5) is 0 Å². The Bertz CT molecular complexity index is 695. The third-order valence-electron chi connectivity index (χ3n) is 2.65. The summed E-state index contributed by atoms with van der Waals surface area (Å²) in [5.74, 6) is -1.35. The van der Waals surface area contributed by atoms with E-state index in [0.717, 1.165) is 11.8 Å². The molecule has 0 aliphatic heterocycles. The quantitative estimate of drug-likeness (QED) is 0.723. The van der Waals surface area contributed by atoms with Gasteiger partial charge >= 0.3 is 5.97 Å². The van der Waals surface area contributed by atoms with Crippen LogP contribution in [0.15, 0.2) is 41.6 Å². The highest BCUT2D eigenvalue weighted by Crippen LogP contribution is 2.11. The molecule has 0 bridgehead atoms. The molecule has 1 aromatic heterocycles. The lowest BCUT2D eigenvalue weighted by atomic mass is 10.2. The molecule has 1 aromatic carbocycles. The van der Waals surface area contributed by atoms with Crippen molar-refractivity contribution in [2.75, 3.05) is 6.54 Å². The molecule has 1 heterocycles. The zero-order valence-corrected chi connectivity index (χ0v) is 11.2. The predicted molar refractivity (Wildman–Crippen MR) is 70.9 cm³/mol. The molecule has 20 heavy (non-hydrogen) atoms. The van der Waals surface area contributed by atoms with Gasteiger partial charge in [-0.15, -0.1) is 0 Å². The lowest BCUT2D eigenvalue weighted by Crippen LogP contribution is -2.27. The molecular formula is C12H13N3O4S. The molecule has 0 unspecified atom stereocenters. The Labute approximate surface area is 115 Å². The van der Waals surface area contributed by atoms with E-state index in [0.29, 0.717) is 6.42 Å². The van der Waals surface area contributed by atoms with Crippen LogP contribution in [-0.2, 0) is 16.4 Å². The van der Waals surface area contributed by atoms with Gasteiger partial charge in [-0.2, -0.15) is 5.10 Å². The van der Waals surface area contributed by atoms with E-state index in [4.69, 9.17) is 5.11 Å². The number of benzene rings is 1. The van der Waals surface area contributed by atoms with E-state index < -0.39 is 21.0 Å². The predicted octanol–water partition coefficient (Wildman–Crippen LogP) is 0.629. The van der Waals surface area contributed by atoms with Gasteiger partial charge in [-0.25, -0.2) is 17.9 Å². The maximum atomic E-state index is 12.0. The molecule has 7 nitrogen and oxygen atoms in total. The molecule has 2 rings (SSSR count). The first-order valence-corrected chi connectivity index (χ1v) is 7.29. The maximum Gasteiger partial charge on any atom is 0.340 e. The number of hydrogen-bond acceptors (Lipinski definition) is 4. The van der Waals surface area contributed by atoms with E-state index in [-0.39, 0.29) is 12.1 Å². The highest BCUT2D eigenvalue weighted by Gasteiger charge is 2.24. The number of H-pyrrole nitrogens is 1. The van der Waals surface area contributed by atoms with Crippen molar-refractivity contribution in [3.05, 3.63) is 47.7 Å². The van der Waals surface area contributed by atoms with Crippen molar-refractivity contribution in [2.45, 2.75) is 11.4 Å². The number of nitrogens with zero attached hydrogens (tertiary/aromatic N) is 1. The van der Waals surface area contributed by atoms with Crippen LogP contribution >= 0.6 is 0 Å². The average Bonchev–Trinajstić information content (AvgIpc) is 2.90. The molecule has 106 valence electrons. The summed E-state index contributed by atoms with van der Waals surface area (Å²) in [6.07, 6.45) is 1.48. The van der Waals surface area contributed by atoms with Crippen LogP contribution in [0.2, 0.25) is 0 Å². The van der Waals surface area contributed by atoms with Crippen molar-refractivity contribution in [3.8, 4) is 0 Å². The van der Waals surface area contributed by atoms with Crippen molar-refractivity contribution in [1.82, 2.24) is 14.9 Å². The molecule has 0 saturated carbocycles. The van der Waals surface area contributed by atoms with Crippen molar-refractivity contribution in [1.29, 1.82) is 0 Å². The van der Waals surface area contributed by atoms with Gasteiger partial charge in [0.2, 0.25) is 0 Å². The van der Waals surface area contributed by atoms with Crippen LogP contribution in [0.1, 0.15) is 15.9 Å². The SMILES string of the molecule is O=C(O)c1cn[nH]c1S(=O)(=O)NCCc1ccccc1. The molecule has 3 N–H and O–H groups in total. The van der Waals surface area contributed by atoms with Crippen LogP contribution in [0.3, 0.4) is 0 Å². The Morgan fingerprint density at radius 3 is 2.65 bits per heavy atom. The van der Waals surface area contributed by atoms with Gasteiger partial charge in [0.1, 0.15) is 5.56 Å². The summed E-state index contributed by atoms with van der Waals surface area (Å²) in [6.45, 7) is 0.171. The van der Waals surface area contributed by atoms with Crippen LogP contribution in [-0.4, -0.2) is 36.2 Å². The Morgan fingerprint density at radius 1 is 1.30 bits per heavy atom. The van der Waals surface area contributed by atoms with Crippen LogP contribution in [0.25, 0.3) is 0 Å². The second kappa shape index (κ2) is 5.85. The fraction of sp³-hybridized carbons (Fsp3) is 0.167. The molecular weight excluding hydrogens is 282 g/mol. The smallest absolute Gasteiger partial charge is 0.340 e. The first-order chi connectivity index (χ1) is 9.50. The van der Waals surface area contributed by atoms with Crippen LogP contribution in [0.5, 0.6) is 0 Å². The number of aromatic amines is 1. The van der Waals surface area contributed by atoms with Crippen molar-refractivity contribution in [3.63, 3.8) is 0 Å². The van der Waals surface area contributed by atoms with Gasteiger partial charge in [-0.3, -0.25) is 5.10 Å². The third-order valence-corrected chi connectivity index (χ3v) is 4.08. The zero-order chi connectivity index (χ0) is 14.6. The van der Waals surface area contributed by atoms with Crippen LogP contribution in [0, 0.1) is 0 Å². The summed E-state index contributed by atoms with van der Waals surface area (Å²) in [6, 6.07) is 9.36. The minimum atomic E-state index is -3.91. The molecule has 2 aromatic rings. The summed E-state index contributed by atoms with van der Waals surface area (Å²) in [7, 11) is -3.91. The average molecular weight is 295 g/mol. The summed E-state index contributed by atoms with van der Waals surface area (Å²) < 4.78 is 26.3. The van der Waals surface area contributed by atoms with E-state index >= 15 is 0 Å². The summed E-state index contributed by atoms with van der Waals surface area (Å²) in [5.41, 5.74) is 0.607. The monoisotopic (exact) mass is 295 g/mol. The van der Waals surface area contributed by atoms with E-state index in [1.54, 1.807) is 0 Å². The van der Waals surface area contributed by atoms with Gasteiger partial charge in [0.25, 0.3) is 10.0 Å². The topological polar surface area (TPSA) is 112 Å². The fourth-order valence-corrected chi connectivity index (χ4v) is 2.80. The lowest BCUT2D eigenvalue weighted by molar-refractivity contribution is 0.0692. The molecule has 0 atom stereocenters.